The van der Waals surface area contributed by atoms with Crippen LogP contribution < -0.4 is 26.8 Å². The molecule has 16 nitrogen and oxygen atoms in total. The normalized spacial score (nSPS) is 25.1. The lowest BCUT2D eigenvalue weighted by Crippen LogP contribution is -2.55. The number of allylic oxidation sites excluding steroid dienone is 1. The van der Waals surface area contributed by atoms with Crippen LogP contribution in [0.1, 0.15) is 127 Å². The Balaban J connectivity index is 1.26. The molecule has 348 valence electrons. The average molecular weight is 864 g/mol. The van der Waals surface area contributed by atoms with Gasteiger partial charge in [0.15, 0.2) is 5.78 Å². The largest absolute Gasteiger partial charge is 0.460 e. The molecule has 2 aliphatic heterocycles. The van der Waals surface area contributed by atoms with Crippen LogP contribution in [-0.4, -0.2) is 118 Å². The van der Waals surface area contributed by atoms with E-state index in [0.717, 1.165) is 44.9 Å². The third-order valence-corrected chi connectivity index (χ3v) is 12.2. The van der Waals surface area contributed by atoms with Crippen molar-refractivity contribution in [2.24, 2.45) is 29.6 Å². The Morgan fingerprint density at radius 3 is 2.18 bits per heavy atom. The first-order valence-corrected chi connectivity index (χ1v) is 22.5. The van der Waals surface area contributed by atoms with Gasteiger partial charge in [0.05, 0.1) is 51.3 Å². The van der Waals surface area contributed by atoms with Crippen molar-refractivity contribution >= 4 is 35.4 Å². The Morgan fingerprint density at radius 1 is 0.869 bits per heavy atom. The molecule has 0 aromatic carbocycles. The van der Waals surface area contributed by atoms with E-state index >= 15 is 0 Å². The van der Waals surface area contributed by atoms with Gasteiger partial charge in [-0.3, -0.25) is 24.0 Å². The lowest BCUT2D eigenvalue weighted by molar-refractivity contribution is -0.173. The molecule has 8 atom stereocenters. The summed E-state index contributed by atoms with van der Waals surface area (Å²) in [6, 6.07) is -0.668. The third-order valence-electron chi connectivity index (χ3n) is 12.2. The first-order chi connectivity index (χ1) is 28.8. The highest BCUT2D eigenvalue weighted by Crippen LogP contribution is 2.59. The second-order valence-corrected chi connectivity index (χ2v) is 18.5. The molecule has 3 fully saturated rings. The summed E-state index contributed by atoms with van der Waals surface area (Å²) in [5.74, 6) is -1.76. The molecule has 0 aromatic heterocycles. The first kappa shape index (κ1) is 51.9. The van der Waals surface area contributed by atoms with E-state index in [-0.39, 0.29) is 97.6 Å². The van der Waals surface area contributed by atoms with Gasteiger partial charge < -0.3 is 39.6 Å². The zero-order valence-electron chi connectivity index (χ0n) is 38.6. The van der Waals surface area contributed by atoms with Crippen LogP contribution in [0.4, 0.5) is 4.79 Å². The number of carbonyl (C=O) groups is 6. The molecule has 5 N–H and O–H groups in total. The van der Waals surface area contributed by atoms with Crippen LogP contribution in [0.25, 0.3) is 0 Å². The molecule has 3 aliphatic rings. The van der Waals surface area contributed by atoms with E-state index in [9.17, 15) is 28.8 Å². The van der Waals surface area contributed by atoms with Crippen LogP contribution in [0.3, 0.4) is 0 Å². The molecule has 1 spiro atoms. The van der Waals surface area contributed by atoms with Crippen molar-refractivity contribution < 1.29 is 52.5 Å². The maximum Gasteiger partial charge on any atom is 0.407 e. The predicted octanol–water partition coefficient (Wildman–Crippen LogP) is 4.48. The van der Waals surface area contributed by atoms with Crippen molar-refractivity contribution in [2.75, 3.05) is 46.5 Å². The fraction of sp³-hybridized carbons (Fsp3) is 0.822. The number of alkyl carbamates (subject to hydrolysis) is 1. The summed E-state index contributed by atoms with van der Waals surface area (Å²) in [4.78, 5) is 74.6. The number of Topliss-reactive ketones (excluding diaryl/α,β-unsaturated/α-hetero) is 2. The standard InChI is InChI=1S/C45H77N5O11/c1-28(2)17-18-36-44(9,61-36)41-40(57-10)35(19-20-45(41)27-59-45)60-38(54)22-32(29(3)4)26-58-43(56)46-21-15-13-11-12-14-16-33(51)23-49-50-39(31(7)8)42(55)48-25-37(53)47-24-34(52)30(5)6/h17,29-32,35-36,39-41,49-50H,11-16,18-27H2,1-10H3,(H,46,56)(H,47,53)(H,48,55)/t32-,35?,36+,39-,40?,41?,44?,45-/m0/s1. The second-order valence-electron chi connectivity index (χ2n) is 18.5. The summed E-state index contributed by atoms with van der Waals surface area (Å²) in [5.41, 5.74) is 6.26. The van der Waals surface area contributed by atoms with Crippen LogP contribution in [0.2, 0.25) is 0 Å². The van der Waals surface area contributed by atoms with Gasteiger partial charge in [0.1, 0.15) is 35.2 Å². The van der Waals surface area contributed by atoms with Gasteiger partial charge in [-0.15, -0.1) is 0 Å². The van der Waals surface area contributed by atoms with E-state index in [4.69, 9.17) is 23.7 Å². The van der Waals surface area contributed by atoms with Crippen LogP contribution in [0.15, 0.2) is 11.6 Å². The number of epoxide rings is 2. The molecule has 4 unspecified atom stereocenters. The van der Waals surface area contributed by atoms with Gasteiger partial charge in [-0.05, 0) is 64.7 Å². The fourth-order valence-electron chi connectivity index (χ4n) is 8.00. The third kappa shape index (κ3) is 17.0. The van der Waals surface area contributed by atoms with E-state index in [1.807, 2.05) is 27.7 Å². The summed E-state index contributed by atoms with van der Waals surface area (Å²) in [5, 5.41) is 7.87. The molecular weight excluding hydrogens is 787 g/mol. The molecule has 2 saturated heterocycles. The Hall–Kier alpha value is -3.44. The van der Waals surface area contributed by atoms with Crippen LogP contribution in [-0.2, 0) is 47.7 Å². The highest BCUT2D eigenvalue weighted by Gasteiger charge is 2.72. The number of amides is 3. The maximum atomic E-state index is 13.3. The minimum Gasteiger partial charge on any atom is -0.460 e. The van der Waals surface area contributed by atoms with Crippen molar-refractivity contribution in [3.05, 3.63) is 11.6 Å². The number of carbonyl (C=O) groups excluding carboxylic acids is 6. The number of unbranched alkanes of at least 4 members (excludes halogenated alkanes) is 4. The summed E-state index contributed by atoms with van der Waals surface area (Å²) >= 11 is 0. The van der Waals surface area contributed by atoms with Gasteiger partial charge >= 0.3 is 12.1 Å². The van der Waals surface area contributed by atoms with Gasteiger partial charge in [0.25, 0.3) is 0 Å². The highest BCUT2D eigenvalue weighted by atomic mass is 16.6. The second kappa shape index (κ2) is 25.0. The highest BCUT2D eigenvalue weighted by molar-refractivity contribution is 5.90. The summed E-state index contributed by atoms with van der Waals surface area (Å²) in [6.45, 7) is 18.4. The van der Waals surface area contributed by atoms with Crippen LogP contribution in [0.5, 0.6) is 0 Å². The fourth-order valence-corrected chi connectivity index (χ4v) is 8.00. The number of methoxy groups -OCH3 is 1. The summed E-state index contributed by atoms with van der Waals surface area (Å²) in [7, 11) is 1.66. The van der Waals surface area contributed by atoms with E-state index in [2.05, 4.69) is 53.6 Å². The zero-order chi connectivity index (χ0) is 45.3. The van der Waals surface area contributed by atoms with Gasteiger partial charge in [0.2, 0.25) is 11.8 Å². The minimum atomic E-state index is -0.668. The van der Waals surface area contributed by atoms with Crippen LogP contribution in [0, 0.1) is 29.6 Å². The number of ether oxygens (including phenoxy) is 5. The van der Waals surface area contributed by atoms with Crippen molar-refractivity contribution in [1.82, 2.24) is 26.8 Å². The number of esters is 1. The molecule has 0 bridgehead atoms. The van der Waals surface area contributed by atoms with Crippen LogP contribution >= 0.6 is 0 Å². The average Bonchev–Trinajstić information content (AvgIpc) is 4.12. The molecule has 0 radical (unpaired) electrons. The Kier molecular flexibility index (Phi) is 21.3. The Bertz CT molecular complexity index is 1490. The first-order valence-electron chi connectivity index (χ1n) is 22.5. The number of hydrogen-bond donors (Lipinski definition) is 5. The molecule has 3 amide bonds. The van der Waals surface area contributed by atoms with E-state index < -0.39 is 35.7 Å². The van der Waals surface area contributed by atoms with Gasteiger partial charge in [-0.25, -0.2) is 15.6 Å². The van der Waals surface area contributed by atoms with E-state index in [1.165, 1.54) is 5.57 Å². The molecular formula is C45H77N5O11. The lowest BCUT2D eigenvalue weighted by atomic mass is 9.68. The number of nitrogens with one attached hydrogen (secondary N) is 5. The van der Waals surface area contributed by atoms with E-state index in [0.29, 0.717) is 26.0 Å². The quantitative estimate of drug-likeness (QED) is 0.0231. The molecule has 16 heteroatoms. The zero-order valence-corrected chi connectivity index (χ0v) is 38.6. The van der Waals surface area contributed by atoms with Crippen molar-refractivity contribution in [3.8, 4) is 0 Å². The minimum absolute atomic E-state index is 0.00686. The Labute approximate surface area is 363 Å². The van der Waals surface area contributed by atoms with Crippen molar-refractivity contribution in [3.63, 3.8) is 0 Å². The van der Waals surface area contributed by atoms with Gasteiger partial charge in [0, 0.05) is 31.9 Å². The number of ketones is 2. The smallest absolute Gasteiger partial charge is 0.407 e. The molecule has 2 heterocycles. The Morgan fingerprint density at radius 2 is 1.56 bits per heavy atom. The lowest BCUT2D eigenvalue weighted by Gasteiger charge is -2.42. The molecule has 3 rings (SSSR count). The topological polar surface area (TPSA) is 215 Å². The molecule has 1 aliphatic carbocycles. The maximum absolute atomic E-state index is 13.3. The monoisotopic (exact) mass is 864 g/mol. The number of hydrogen-bond acceptors (Lipinski definition) is 13. The van der Waals surface area contributed by atoms with E-state index in [1.54, 1.807) is 21.0 Å². The summed E-state index contributed by atoms with van der Waals surface area (Å²) < 4.78 is 30.0. The number of rotatable bonds is 29. The number of hydrazine groups is 1. The van der Waals surface area contributed by atoms with Crippen molar-refractivity contribution in [1.29, 1.82) is 0 Å². The van der Waals surface area contributed by atoms with Gasteiger partial charge in [-0.1, -0.05) is 72.5 Å². The molecule has 1 saturated carbocycles. The predicted molar refractivity (Wildman–Crippen MR) is 230 cm³/mol. The van der Waals surface area contributed by atoms with Gasteiger partial charge in [-0.2, -0.15) is 0 Å². The van der Waals surface area contributed by atoms with Crippen molar-refractivity contribution in [2.45, 2.75) is 162 Å². The molecule has 0 aromatic rings. The molecule has 61 heavy (non-hydrogen) atoms. The summed E-state index contributed by atoms with van der Waals surface area (Å²) in [6.07, 6.45) is 7.86. The SMILES string of the molecule is COC1C(OC(=O)C[C@@H](COC(=O)NCCCCCCCC(=O)CNN[C@H](C(=O)NCC(=O)NCC(=O)C(C)C)C(C)C)C(C)C)CC[C@]2(CO2)C1C1(C)O[C@@H]1CC=C(C)C.